The number of carbonyl (C=O) groups excluding carboxylic acids is 1. The van der Waals surface area contributed by atoms with Gasteiger partial charge in [-0.2, -0.15) is 0 Å². The van der Waals surface area contributed by atoms with Gasteiger partial charge in [0.1, 0.15) is 5.75 Å². The molecule has 3 N–H and O–H groups in total. The molecule has 1 aromatic carbocycles. The van der Waals surface area contributed by atoms with E-state index in [0.29, 0.717) is 25.2 Å². The lowest BCUT2D eigenvalue weighted by atomic mass is 10.0. The highest BCUT2D eigenvalue weighted by atomic mass is 32.2. The normalized spacial score (nSPS) is 22.1. The fourth-order valence-electron chi connectivity index (χ4n) is 2.59. The molecule has 2 atom stereocenters. The van der Waals surface area contributed by atoms with Crippen molar-refractivity contribution in [1.29, 1.82) is 0 Å². The molecule has 1 amide bonds. The zero-order valence-electron chi connectivity index (χ0n) is 11.9. The van der Waals surface area contributed by atoms with E-state index in [1.807, 2.05) is 6.92 Å². The number of sulfonamides is 1. The Morgan fingerprint density at radius 1 is 1.33 bits per heavy atom. The topological polar surface area (TPSA) is 98.5 Å². The van der Waals surface area contributed by atoms with Crippen molar-refractivity contribution in [2.24, 2.45) is 11.7 Å². The second-order valence-electron chi connectivity index (χ2n) is 5.07. The van der Waals surface area contributed by atoms with Crippen LogP contribution in [-0.4, -0.2) is 27.0 Å². The predicted octanol–water partition coefficient (Wildman–Crippen LogP) is 1.02. The van der Waals surface area contributed by atoms with Gasteiger partial charge in [0.2, 0.25) is 15.9 Å². The van der Waals surface area contributed by atoms with E-state index >= 15 is 0 Å². The van der Waals surface area contributed by atoms with Crippen LogP contribution in [0.4, 0.5) is 0 Å². The van der Waals surface area contributed by atoms with Crippen LogP contribution in [0.5, 0.6) is 5.75 Å². The monoisotopic (exact) mass is 312 g/mol. The van der Waals surface area contributed by atoms with Crippen molar-refractivity contribution in [3.05, 3.63) is 24.3 Å². The maximum Gasteiger partial charge on any atom is 0.240 e. The quantitative estimate of drug-likeness (QED) is 0.819. The number of hydrogen-bond donors (Lipinski definition) is 2. The molecule has 0 unspecified atom stereocenters. The lowest BCUT2D eigenvalue weighted by Crippen LogP contribution is -2.42. The van der Waals surface area contributed by atoms with Gasteiger partial charge in [0, 0.05) is 6.04 Å². The third kappa shape index (κ3) is 3.74. The van der Waals surface area contributed by atoms with Crippen molar-refractivity contribution in [2.75, 3.05) is 6.61 Å². The highest BCUT2D eigenvalue weighted by Crippen LogP contribution is 2.27. The Kier molecular flexibility index (Phi) is 4.84. The molecular weight excluding hydrogens is 292 g/mol. The molecule has 21 heavy (non-hydrogen) atoms. The molecule has 7 heteroatoms. The SMILES string of the molecule is CCOc1ccc(S(=O)(=O)N[C@@H]2CCC[C@H]2C(N)=O)cc1. The lowest BCUT2D eigenvalue weighted by Gasteiger charge is -2.18. The number of rotatable bonds is 6. The number of ether oxygens (including phenoxy) is 1. The van der Waals surface area contributed by atoms with Crippen LogP contribution in [0.15, 0.2) is 29.2 Å². The van der Waals surface area contributed by atoms with Gasteiger partial charge in [0.25, 0.3) is 0 Å². The van der Waals surface area contributed by atoms with Gasteiger partial charge in [-0.15, -0.1) is 0 Å². The molecule has 6 nitrogen and oxygen atoms in total. The molecule has 116 valence electrons. The van der Waals surface area contributed by atoms with Crippen molar-refractivity contribution in [2.45, 2.75) is 37.1 Å². The van der Waals surface area contributed by atoms with E-state index < -0.39 is 27.9 Å². The molecule has 0 spiro atoms. The zero-order valence-corrected chi connectivity index (χ0v) is 12.7. The Morgan fingerprint density at radius 3 is 2.57 bits per heavy atom. The smallest absolute Gasteiger partial charge is 0.240 e. The number of nitrogens with one attached hydrogen (secondary N) is 1. The molecule has 1 saturated carbocycles. The average molecular weight is 312 g/mol. The molecule has 1 aromatic rings. The first-order chi connectivity index (χ1) is 9.94. The Hall–Kier alpha value is -1.60. The Morgan fingerprint density at radius 2 is 2.00 bits per heavy atom. The minimum atomic E-state index is -3.66. The lowest BCUT2D eigenvalue weighted by molar-refractivity contribution is -0.122. The number of primary amides is 1. The fourth-order valence-corrected chi connectivity index (χ4v) is 3.90. The summed E-state index contributed by atoms with van der Waals surface area (Å²) in [5, 5.41) is 0. The second-order valence-corrected chi connectivity index (χ2v) is 6.79. The Labute approximate surface area is 124 Å². The third-order valence-corrected chi connectivity index (χ3v) is 5.14. The van der Waals surface area contributed by atoms with Crippen LogP contribution in [0.25, 0.3) is 0 Å². The number of benzene rings is 1. The molecule has 2 rings (SSSR count). The first-order valence-electron chi connectivity index (χ1n) is 6.98. The number of carbonyl (C=O) groups is 1. The first kappa shape index (κ1) is 15.8. The Bertz CT molecular complexity index is 598. The molecule has 0 aliphatic heterocycles. The van der Waals surface area contributed by atoms with Crippen LogP contribution < -0.4 is 15.2 Å². The van der Waals surface area contributed by atoms with E-state index in [9.17, 15) is 13.2 Å². The van der Waals surface area contributed by atoms with Crippen LogP contribution >= 0.6 is 0 Å². The van der Waals surface area contributed by atoms with E-state index in [1.165, 1.54) is 12.1 Å². The van der Waals surface area contributed by atoms with E-state index in [2.05, 4.69) is 4.72 Å². The van der Waals surface area contributed by atoms with Crippen LogP contribution in [0.2, 0.25) is 0 Å². The van der Waals surface area contributed by atoms with Gasteiger partial charge in [-0.3, -0.25) is 4.79 Å². The number of amides is 1. The van der Waals surface area contributed by atoms with E-state index in [1.54, 1.807) is 12.1 Å². The summed E-state index contributed by atoms with van der Waals surface area (Å²) in [6.07, 6.45) is 2.06. The van der Waals surface area contributed by atoms with Crippen LogP contribution in [0.3, 0.4) is 0 Å². The summed E-state index contributed by atoms with van der Waals surface area (Å²) in [6, 6.07) is 5.78. The maximum absolute atomic E-state index is 12.3. The van der Waals surface area contributed by atoms with Crippen LogP contribution in [0.1, 0.15) is 26.2 Å². The van der Waals surface area contributed by atoms with Crippen LogP contribution in [0, 0.1) is 5.92 Å². The molecule has 0 saturated heterocycles. The summed E-state index contributed by atoms with van der Waals surface area (Å²) < 4.78 is 32.5. The maximum atomic E-state index is 12.3. The van der Waals surface area contributed by atoms with Crippen LogP contribution in [-0.2, 0) is 14.8 Å². The van der Waals surface area contributed by atoms with Crippen molar-refractivity contribution < 1.29 is 17.9 Å². The average Bonchev–Trinajstić information content (AvgIpc) is 2.87. The second kappa shape index (κ2) is 6.44. The van der Waals surface area contributed by atoms with Gasteiger partial charge >= 0.3 is 0 Å². The summed E-state index contributed by atoms with van der Waals surface area (Å²) in [4.78, 5) is 11.5. The zero-order chi connectivity index (χ0) is 15.5. The Balaban J connectivity index is 2.12. The van der Waals surface area contributed by atoms with Crippen molar-refractivity contribution in [3.8, 4) is 5.75 Å². The van der Waals surface area contributed by atoms with Gasteiger partial charge in [0.05, 0.1) is 17.4 Å². The van der Waals surface area contributed by atoms with Crippen molar-refractivity contribution in [3.63, 3.8) is 0 Å². The van der Waals surface area contributed by atoms with Gasteiger partial charge < -0.3 is 10.5 Å². The summed E-state index contributed by atoms with van der Waals surface area (Å²) in [7, 11) is -3.66. The molecule has 1 fully saturated rings. The molecule has 0 heterocycles. The minimum absolute atomic E-state index is 0.154. The van der Waals surface area contributed by atoms with Crippen molar-refractivity contribution >= 4 is 15.9 Å². The van der Waals surface area contributed by atoms with Gasteiger partial charge in [0.15, 0.2) is 0 Å². The molecular formula is C14H20N2O4S. The van der Waals surface area contributed by atoms with Gasteiger partial charge in [-0.1, -0.05) is 6.42 Å². The molecule has 0 radical (unpaired) electrons. The standard InChI is InChI=1S/C14H20N2O4S/c1-2-20-10-6-8-11(9-7-10)21(18,19)16-13-5-3-4-12(13)14(15)17/h6-9,12-13,16H,2-5H2,1H3,(H2,15,17)/t12-,13-/m1/s1. The van der Waals surface area contributed by atoms with E-state index in [-0.39, 0.29) is 4.90 Å². The summed E-state index contributed by atoms with van der Waals surface area (Å²) in [6.45, 7) is 2.38. The number of hydrogen-bond acceptors (Lipinski definition) is 4. The summed E-state index contributed by atoms with van der Waals surface area (Å²) in [5.74, 6) is -0.262. The molecule has 0 bridgehead atoms. The van der Waals surface area contributed by atoms with E-state index in [4.69, 9.17) is 10.5 Å². The molecule has 1 aliphatic rings. The first-order valence-corrected chi connectivity index (χ1v) is 8.47. The van der Waals surface area contributed by atoms with E-state index in [0.717, 1.165) is 6.42 Å². The summed E-state index contributed by atoms with van der Waals surface area (Å²) >= 11 is 0. The largest absolute Gasteiger partial charge is 0.494 e. The van der Waals surface area contributed by atoms with Crippen molar-refractivity contribution in [1.82, 2.24) is 4.72 Å². The highest BCUT2D eigenvalue weighted by molar-refractivity contribution is 7.89. The minimum Gasteiger partial charge on any atom is -0.494 e. The van der Waals surface area contributed by atoms with Gasteiger partial charge in [-0.05, 0) is 44.0 Å². The predicted molar refractivity (Wildman–Crippen MR) is 78.3 cm³/mol. The highest BCUT2D eigenvalue weighted by Gasteiger charge is 2.34. The molecule has 1 aliphatic carbocycles. The number of nitrogens with two attached hydrogens (primary N) is 1. The van der Waals surface area contributed by atoms with Gasteiger partial charge in [-0.25, -0.2) is 13.1 Å². The third-order valence-electron chi connectivity index (χ3n) is 3.63. The molecule has 0 aromatic heterocycles. The summed E-state index contributed by atoms with van der Waals surface area (Å²) in [5.41, 5.74) is 5.31. The fraction of sp³-hybridized carbons (Fsp3) is 0.500.